The monoisotopic (exact) mass is 480 g/mol. The predicted octanol–water partition coefficient (Wildman–Crippen LogP) is 2.27. The Kier molecular flexibility index (Phi) is 6.56. The van der Waals surface area contributed by atoms with E-state index in [9.17, 15) is 9.90 Å². The van der Waals surface area contributed by atoms with Gasteiger partial charge in [-0.25, -0.2) is 14.8 Å². The number of rotatable bonds is 8. The highest BCUT2D eigenvalue weighted by Gasteiger charge is 2.37. The summed E-state index contributed by atoms with van der Waals surface area (Å²) in [6, 6.07) is 11.2. The number of fused-ring (bicyclic) bond motifs is 2. The first kappa shape index (κ1) is 23.1. The molecule has 1 fully saturated rings. The molecule has 184 valence electrons. The van der Waals surface area contributed by atoms with Gasteiger partial charge >= 0.3 is 6.09 Å². The first-order valence-electron chi connectivity index (χ1n) is 11.5. The van der Waals surface area contributed by atoms with E-state index in [0.717, 1.165) is 23.0 Å². The minimum atomic E-state index is -0.835. The zero-order chi connectivity index (χ0) is 24.4. The Morgan fingerprint density at radius 1 is 1.23 bits per heavy atom. The van der Waals surface area contributed by atoms with E-state index in [4.69, 9.17) is 18.9 Å². The third-order valence-electron chi connectivity index (χ3n) is 6.21. The van der Waals surface area contributed by atoms with E-state index in [0.29, 0.717) is 49.4 Å². The highest BCUT2D eigenvalue weighted by Crippen LogP contribution is 2.35. The predicted molar refractivity (Wildman–Crippen MR) is 128 cm³/mol. The molecule has 2 aromatic carbocycles. The molecule has 0 bridgehead atoms. The van der Waals surface area contributed by atoms with Gasteiger partial charge in [-0.05, 0) is 37.2 Å². The lowest BCUT2D eigenvalue weighted by atomic mass is 10.1. The molecule has 2 aliphatic heterocycles. The lowest BCUT2D eigenvalue weighted by Gasteiger charge is -2.23. The largest absolute Gasteiger partial charge is 0.486 e. The van der Waals surface area contributed by atoms with E-state index in [1.807, 2.05) is 30.1 Å². The molecule has 3 aromatic rings. The van der Waals surface area contributed by atoms with Crippen molar-refractivity contribution >= 4 is 22.8 Å². The average molecular weight is 481 g/mol. The third kappa shape index (κ3) is 4.94. The second kappa shape index (κ2) is 9.93. The maximum absolute atomic E-state index is 12.5. The van der Waals surface area contributed by atoms with Gasteiger partial charge in [0.25, 0.3) is 0 Å². The SMILES string of the molecule is COc1cnc2cccc(CCN(C)CC(O)[C@H]3CN(c4ccc5c(c4)OCCO5)C(=O)O3)c2n1. The van der Waals surface area contributed by atoms with Crippen LogP contribution in [0.2, 0.25) is 0 Å². The number of amides is 1. The first-order valence-corrected chi connectivity index (χ1v) is 11.5. The Labute approximate surface area is 203 Å². The number of carbonyl (C=O) groups excluding carboxylic acids is 1. The summed E-state index contributed by atoms with van der Waals surface area (Å²) < 4.78 is 21.9. The molecule has 0 radical (unpaired) electrons. The molecule has 0 spiro atoms. The number of hydrogen-bond donors (Lipinski definition) is 1. The summed E-state index contributed by atoms with van der Waals surface area (Å²) in [7, 11) is 3.49. The van der Waals surface area contributed by atoms with Gasteiger partial charge in [0.15, 0.2) is 11.5 Å². The number of benzene rings is 2. The van der Waals surface area contributed by atoms with Crippen molar-refractivity contribution in [1.29, 1.82) is 0 Å². The topological polar surface area (TPSA) is 106 Å². The molecular weight excluding hydrogens is 452 g/mol. The van der Waals surface area contributed by atoms with Crippen LogP contribution in [0.3, 0.4) is 0 Å². The van der Waals surface area contributed by atoms with Crippen LogP contribution in [-0.2, 0) is 11.2 Å². The summed E-state index contributed by atoms with van der Waals surface area (Å²) in [6.45, 7) is 2.26. The molecule has 3 heterocycles. The summed E-state index contributed by atoms with van der Waals surface area (Å²) in [6.07, 6.45) is 0.364. The lowest BCUT2D eigenvalue weighted by Crippen LogP contribution is -2.40. The van der Waals surface area contributed by atoms with Crippen LogP contribution in [0.5, 0.6) is 17.4 Å². The van der Waals surface area contributed by atoms with Gasteiger partial charge < -0.3 is 29.0 Å². The van der Waals surface area contributed by atoms with Crippen LogP contribution in [-0.4, -0.2) is 85.3 Å². The highest BCUT2D eigenvalue weighted by atomic mass is 16.6. The number of cyclic esters (lactones) is 1. The molecule has 0 saturated carbocycles. The molecule has 0 aliphatic carbocycles. The van der Waals surface area contributed by atoms with Gasteiger partial charge in [-0.3, -0.25) is 4.90 Å². The quantitative estimate of drug-likeness (QED) is 0.520. The number of carbonyl (C=O) groups is 1. The smallest absolute Gasteiger partial charge is 0.414 e. The van der Waals surface area contributed by atoms with Crippen molar-refractivity contribution in [2.45, 2.75) is 18.6 Å². The zero-order valence-electron chi connectivity index (χ0n) is 19.7. The lowest BCUT2D eigenvalue weighted by molar-refractivity contribution is 0.0152. The standard InChI is InChI=1S/C25H28N4O6/c1-28(9-8-16-4-3-5-18-24(16)27-23(32-2)13-26-18)14-19(30)22-15-29(25(31)35-22)17-6-7-20-21(12-17)34-11-10-33-20/h3-7,12-13,19,22,30H,8-11,14-15H2,1-2H3/t19?,22-/m1/s1. The number of aliphatic hydroxyl groups excluding tert-OH is 1. The molecule has 10 nitrogen and oxygen atoms in total. The van der Waals surface area contributed by atoms with E-state index in [1.165, 1.54) is 4.90 Å². The zero-order valence-corrected chi connectivity index (χ0v) is 19.7. The average Bonchev–Trinajstić information content (AvgIpc) is 3.28. The minimum Gasteiger partial charge on any atom is -0.486 e. The summed E-state index contributed by atoms with van der Waals surface area (Å²) in [5.74, 6) is 1.72. The molecule has 1 amide bonds. The number of aromatic nitrogens is 2. The molecular formula is C25H28N4O6. The van der Waals surface area contributed by atoms with E-state index < -0.39 is 18.3 Å². The number of para-hydroxylation sites is 1. The van der Waals surface area contributed by atoms with Crippen molar-refractivity contribution in [3.05, 3.63) is 48.2 Å². The number of likely N-dealkylation sites (N-methyl/N-ethyl adjacent to an activating group) is 1. The Morgan fingerprint density at radius 3 is 2.89 bits per heavy atom. The summed E-state index contributed by atoms with van der Waals surface area (Å²) in [4.78, 5) is 25.0. The van der Waals surface area contributed by atoms with Crippen molar-refractivity contribution in [2.24, 2.45) is 0 Å². The summed E-state index contributed by atoms with van der Waals surface area (Å²) in [5, 5.41) is 10.8. The van der Waals surface area contributed by atoms with E-state index in [2.05, 4.69) is 9.97 Å². The van der Waals surface area contributed by atoms with Crippen LogP contribution in [0.1, 0.15) is 5.56 Å². The van der Waals surface area contributed by atoms with Crippen molar-refractivity contribution < 1.29 is 28.8 Å². The fourth-order valence-electron chi connectivity index (χ4n) is 4.31. The highest BCUT2D eigenvalue weighted by molar-refractivity contribution is 5.90. The van der Waals surface area contributed by atoms with Crippen LogP contribution in [0.25, 0.3) is 11.0 Å². The molecule has 5 rings (SSSR count). The number of methoxy groups -OCH3 is 1. The van der Waals surface area contributed by atoms with Crippen LogP contribution in [0.4, 0.5) is 10.5 Å². The normalized spacial score (nSPS) is 18.1. The van der Waals surface area contributed by atoms with Gasteiger partial charge in [-0.15, -0.1) is 0 Å². The molecule has 1 unspecified atom stereocenters. The van der Waals surface area contributed by atoms with Crippen LogP contribution in [0, 0.1) is 0 Å². The van der Waals surface area contributed by atoms with Gasteiger partial charge in [0.2, 0.25) is 5.88 Å². The van der Waals surface area contributed by atoms with E-state index >= 15 is 0 Å². The molecule has 1 N–H and O–H groups in total. The van der Waals surface area contributed by atoms with E-state index in [-0.39, 0.29) is 6.54 Å². The number of anilines is 1. The van der Waals surface area contributed by atoms with E-state index in [1.54, 1.807) is 31.5 Å². The van der Waals surface area contributed by atoms with Crippen LogP contribution in [0.15, 0.2) is 42.6 Å². The fraction of sp³-hybridized carbons (Fsp3) is 0.400. The first-order chi connectivity index (χ1) is 17.0. The van der Waals surface area contributed by atoms with Gasteiger partial charge in [0.05, 0.1) is 36.6 Å². The molecule has 2 aliphatic rings. The fourth-order valence-corrected chi connectivity index (χ4v) is 4.31. The Bertz CT molecular complexity index is 1220. The summed E-state index contributed by atoms with van der Waals surface area (Å²) >= 11 is 0. The molecule has 2 atom stereocenters. The molecule has 10 heteroatoms. The minimum absolute atomic E-state index is 0.256. The Hall–Kier alpha value is -3.63. The maximum atomic E-state index is 12.5. The van der Waals surface area contributed by atoms with Crippen LogP contribution < -0.4 is 19.1 Å². The van der Waals surface area contributed by atoms with Gasteiger partial charge in [0, 0.05) is 19.2 Å². The maximum Gasteiger partial charge on any atom is 0.414 e. The van der Waals surface area contributed by atoms with Crippen molar-refractivity contribution in [2.75, 3.05) is 51.9 Å². The van der Waals surface area contributed by atoms with Gasteiger partial charge in [-0.2, -0.15) is 0 Å². The third-order valence-corrected chi connectivity index (χ3v) is 6.21. The van der Waals surface area contributed by atoms with Crippen molar-refractivity contribution in [1.82, 2.24) is 14.9 Å². The number of hydrogen-bond acceptors (Lipinski definition) is 9. The van der Waals surface area contributed by atoms with Gasteiger partial charge in [-0.1, -0.05) is 12.1 Å². The molecule has 1 saturated heterocycles. The number of nitrogens with zero attached hydrogens (tertiary/aromatic N) is 4. The number of ether oxygens (including phenoxy) is 4. The second-order valence-electron chi connectivity index (χ2n) is 8.64. The number of aliphatic hydroxyl groups is 1. The molecule has 1 aromatic heterocycles. The Balaban J connectivity index is 1.18. The van der Waals surface area contributed by atoms with Gasteiger partial charge in [0.1, 0.15) is 25.4 Å². The molecule has 35 heavy (non-hydrogen) atoms. The van der Waals surface area contributed by atoms with Crippen molar-refractivity contribution in [3.63, 3.8) is 0 Å². The van der Waals surface area contributed by atoms with Crippen LogP contribution >= 0.6 is 0 Å². The Morgan fingerprint density at radius 2 is 2.06 bits per heavy atom. The second-order valence-corrected chi connectivity index (χ2v) is 8.64. The van der Waals surface area contributed by atoms with Crippen molar-refractivity contribution in [3.8, 4) is 17.4 Å². The summed E-state index contributed by atoms with van der Waals surface area (Å²) in [5.41, 5.74) is 3.31.